The first-order valence-corrected chi connectivity index (χ1v) is 10.1. The average molecular weight is 388 g/mol. The Morgan fingerprint density at radius 2 is 1.81 bits per heavy atom. The number of hydrogen-bond acceptors (Lipinski definition) is 4. The first-order valence-electron chi connectivity index (χ1n) is 8.65. The summed E-state index contributed by atoms with van der Waals surface area (Å²) in [5.41, 5.74) is 4.41. The van der Waals surface area contributed by atoms with Crippen LogP contribution in [0, 0.1) is 13.8 Å². The van der Waals surface area contributed by atoms with Crippen molar-refractivity contribution in [1.82, 2.24) is 9.71 Å². The van der Waals surface area contributed by atoms with E-state index in [4.69, 9.17) is 9.47 Å². The van der Waals surface area contributed by atoms with E-state index in [-0.39, 0.29) is 10.6 Å². The van der Waals surface area contributed by atoms with E-state index < -0.39 is 10.0 Å². The second-order valence-corrected chi connectivity index (χ2v) is 8.18. The molecule has 27 heavy (non-hydrogen) atoms. The number of aromatic nitrogens is 1. The van der Waals surface area contributed by atoms with Gasteiger partial charge in [-0.25, -0.2) is 13.1 Å². The van der Waals surface area contributed by atoms with Crippen molar-refractivity contribution in [1.29, 1.82) is 0 Å². The zero-order chi connectivity index (χ0) is 19.6. The summed E-state index contributed by atoms with van der Waals surface area (Å²) in [6.07, 6.45) is 0.590. The van der Waals surface area contributed by atoms with Crippen LogP contribution in [0.3, 0.4) is 0 Å². The molecule has 0 saturated heterocycles. The van der Waals surface area contributed by atoms with Gasteiger partial charge in [0, 0.05) is 29.2 Å². The molecule has 0 fully saturated rings. The van der Waals surface area contributed by atoms with Crippen molar-refractivity contribution in [3.05, 3.63) is 53.2 Å². The summed E-state index contributed by atoms with van der Waals surface area (Å²) < 4.78 is 38.4. The number of H-pyrrole nitrogens is 1. The van der Waals surface area contributed by atoms with Gasteiger partial charge >= 0.3 is 0 Å². The minimum absolute atomic E-state index is 0.0947. The molecule has 2 N–H and O–H groups in total. The molecule has 0 bridgehead atoms. The van der Waals surface area contributed by atoms with Gasteiger partial charge in [-0.05, 0) is 50.1 Å². The molecule has 3 aromatic rings. The zero-order valence-electron chi connectivity index (χ0n) is 15.9. The summed E-state index contributed by atoms with van der Waals surface area (Å²) in [5, 5.41) is 1.13. The molecule has 0 atom stereocenters. The molecule has 0 amide bonds. The molecule has 0 unspecified atom stereocenters. The first-order chi connectivity index (χ1) is 12.9. The number of sulfonamides is 1. The maximum Gasteiger partial charge on any atom is 0.244 e. The predicted octanol–water partition coefficient (Wildman–Crippen LogP) is 3.32. The summed E-state index contributed by atoms with van der Waals surface area (Å²) >= 11 is 0. The zero-order valence-corrected chi connectivity index (χ0v) is 16.7. The highest BCUT2D eigenvalue weighted by Crippen LogP contribution is 2.28. The number of ether oxygens (including phenoxy) is 2. The highest BCUT2D eigenvalue weighted by Gasteiger charge is 2.20. The maximum absolute atomic E-state index is 12.7. The van der Waals surface area contributed by atoms with E-state index in [0.29, 0.717) is 18.7 Å². The Morgan fingerprint density at radius 3 is 2.52 bits per heavy atom. The molecule has 1 aromatic heterocycles. The van der Waals surface area contributed by atoms with Crippen LogP contribution in [0.1, 0.15) is 16.8 Å². The molecule has 0 saturated carbocycles. The van der Waals surface area contributed by atoms with Gasteiger partial charge in [0.25, 0.3) is 0 Å². The van der Waals surface area contributed by atoms with E-state index in [2.05, 4.69) is 21.8 Å². The van der Waals surface area contributed by atoms with Crippen molar-refractivity contribution >= 4 is 20.9 Å². The summed E-state index contributed by atoms with van der Waals surface area (Å²) in [6.45, 7) is 4.34. The van der Waals surface area contributed by atoms with Crippen LogP contribution in [-0.2, 0) is 16.4 Å². The van der Waals surface area contributed by atoms with E-state index in [1.807, 2.05) is 19.9 Å². The molecule has 0 radical (unpaired) electrons. The third kappa shape index (κ3) is 3.94. The molecule has 1 heterocycles. The third-order valence-electron chi connectivity index (χ3n) is 4.60. The lowest BCUT2D eigenvalue weighted by molar-refractivity contribution is 0.386. The average Bonchev–Trinajstić information content (AvgIpc) is 2.96. The molecule has 0 aliphatic heterocycles. The SMILES string of the molecule is COc1ccc(S(=O)(=O)NCCc2c(C)[nH]c3ccc(C)cc23)c(OC)c1. The lowest BCUT2D eigenvalue weighted by atomic mass is 10.1. The van der Waals surface area contributed by atoms with Gasteiger partial charge in [-0.15, -0.1) is 0 Å². The Bertz CT molecular complexity index is 1070. The molecular weight excluding hydrogens is 364 g/mol. The van der Waals surface area contributed by atoms with Crippen LogP contribution in [0.2, 0.25) is 0 Å². The molecule has 6 nitrogen and oxygen atoms in total. The van der Waals surface area contributed by atoms with Crippen LogP contribution >= 0.6 is 0 Å². The Labute approximate surface area is 159 Å². The van der Waals surface area contributed by atoms with Gasteiger partial charge in [0.2, 0.25) is 10.0 Å². The Morgan fingerprint density at radius 1 is 1.04 bits per heavy atom. The summed E-state index contributed by atoms with van der Waals surface area (Å²) in [5.74, 6) is 0.788. The topological polar surface area (TPSA) is 80.4 Å². The monoisotopic (exact) mass is 388 g/mol. The number of rotatable bonds is 7. The second-order valence-electron chi connectivity index (χ2n) is 6.44. The fourth-order valence-corrected chi connectivity index (χ4v) is 4.38. The highest BCUT2D eigenvalue weighted by atomic mass is 32.2. The normalized spacial score (nSPS) is 11.7. The molecule has 144 valence electrons. The number of nitrogens with one attached hydrogen (secondary N) is 2. The van der Waals surface area contributed by atoms with Crippen molar-refractivity contribution in [2.45, 2.75) is 25.2 Å². The van der Waals surface area contributed by atoms with Gasteiger partial charge in [0.15, 0.2) is 0 Å². The lowest BCUT2D eigenvalue weighted by Crippen LogP contribution is -2.26. The van der Waals surface area contributed by atoms with Crippen LogP contribution in [0.25, 0.3) is 10.9 Å². The molecular formula is C20H24N2O4S. The summed E-state index contributed by atoms with van der Waals surface area (Å²) in [7, 11) is -0.740. The number of methoxy groups -OCH3 is 2. The fraction of sp³-hybridized carbons (Fsp3) is 0.300. The molecule has 7 heteroatoms. The van der Waals surface area contributed by atoms with Crippen LogP contribution in [-0.4, -0.2) is 34.2 Å². The largest absolute Gasteiger partial charge is 0.497 e. The van der Waals surface area contributed by atoms with E-state index in [1.165, 1.54) is 25.8 Å². The molecule has 2 aromatic carbocycles. The predicted molar refractivity (Wildman–Crippen MR) is 106 cm³/mol. The van der Waals surface area contributed by atoms with Crippen molar-refractivity contribution < 1.29 is 17.9 Å². The van der Waals surface area contributed by atoms with Gasteiger partial charge in [-0.2, -0.15) is 0 Å². The van der Waals surface area contributed by atoms with Crippen LogP contribution in [0.5, 0.6) is 11.5 Å². The molecule has 0 spiro atoms. The van der Waals surface area contributed by atoms with Crippen LogP contribution in [0.4, 0.5) is 0 Å². The number of fused-ring (bicyclic) bond motifs is 1. The highest BCUT2D eigenvalue weighted by molar-refractivity contribution is 7.89. The van der Waals surface area contributed by atoms with Gasteiger partial charge in [-0.1, -0.05) is 11.6 Å². The molecule has 0 aliphatic rings. The standard InChI is InChI=1S/C20H24N2O4S/c1-13-5-7-18-17(11-13)16(14(2)22-18)9-10-21-27(23,24)20-8-6-15(25-3)12-19(20)26-4/h5-8,11-12,21-22H,9-10H2,1-4H3. The fourth-order valence-electron chi connectivity index (χ4n) is 3.20. The summed E-state index contributed by atoms with van der Waals surface area (Å²) in [6, 6.07) is 10.9. The van der Waals surface area contributed by atoms with Gasteiger partial charge in [-0.3, -0.25) is 0 Å². The van der Waals surface area contributed by atoms with Crippen molar-refractivity contribution in [3.63, 3.8) is 0 Å². The molecule has 3 rings (SSSR count). The number of benzene rings is 2. The number of aryl methyl sites for hydroxylation is 2. The quantitative estimate of drug-likeness (QED) is 0.651. The minimum Gasteiger partial charge on any atom is -0.497 e. The molecule has 0 aliphatic carbocycles. The van der Waals surface area contributed by atoms with Crippen molar-refractivity contribution in [2.24, 2.45) is 0 Å². The Balaban J connectivity index is 1.79. The number of aromatic amines is 1. The summed E-state index contributed by atoms with van der Waals surface area (Å²) in [4.78, 5) is 3.45. The van der Waals surface area contributed by atoms with E-state index in [1.54, 1.807) is 12.1 Å². The smallest absolute Gasteiger partial charge is 0.244 e. The van der Waals surface area contributed by atoms with Crippen molar-refractivity contribution in [2.75, 3.05) is 20.8 Å². The first kappa shape index (κ1) is 19.3. The van der Waals surface area contributed by atoms with Crippen LogP contribution in [0.15, 0.2) is 41.3 Å². The Kier molecular flexibility index (Phi) is 5.43. The van der Waals surface area contributed by atoms with E-state index >= 15 is 0 Å². The minimum atomic E-state index is -3.70. The van der Waals surface area contributed by atoms with Gasteiger partial charge in [0.05, 0.1) is 14.2 Å². The maximum atomic E-state index is 12.7. The third-order valence-corrected chi connectivity index (χ3v) is 6.10. The number of hydrogen-bond donors (Lipinski definition) is 2. The van der Waals surface area contributed by atoms with E-state index in [9.17, 15) is 8.42 Å². The van der Waals surface area contributed by atoms with Crippen molar-refractivity contribution in [3.8, 4) is 11.5 Å². The Hall–Kier alpha value is -2.51. The van der Waals surface area contributed by atoms with Crippen LogP contribution < -0.4 is 14.2 Å². The lowest BCUT2D eigenvalue weighted by Gasteiger charge is -2.12. The van der Waals surface area contributed by atoms with Gasteiger partial charge < -0.3 is 14.5 Å². The van der Waals surface area contributed by atoms with E-state index in [0.717, 1.165) is 22.2 Å². The second kappa shape index (κ2) is 7.62. The van der Waals surface area contributed by atoms with Gasteiger partial charge in [0.1, 0.15) is 16.4 Å².